The summed E-state index contributed by atoms with van der Waals surface area (Å²) in [6.45, 7) is 4.93. The average molecular weight is 491 g/mol. The molecule has 11 heteroatoms. The molecule has 0 bridgehead atoms. The molecule has 10 nitrogen and oxygen atoms in total. The Morgan fingerprint density at radius 3 is 2.41 bits per heavy atom. The Hall–Kier alpha value is -2.24. The van der Waals surface area contributed by atoms with E-state index in [0.717, 1.165) is 24.5 Å². The van der Waals surface area contributed by atoms with Crippen molar-refractivity contribution in [3.8, 4) is 0 Å². The molecule has 188 valence electrons. The highest BCUT2D eigenvalue weighted by Gasteiger charge is 2.31. The molecule has 34 heavy (non-hydrogen) atoms. The fraction of sp³-hybridized carbons (Fsp3) is 0.696. The van der Waals surface area contributed by atoms with Crippen LogP contribution in [-0.4, -0.2) is 89.7 Å². The molecular weight excluding hydrogens is 452 g/mol. The summed E-state index contributed by atoms with van der Waals surface area (Å²) in [5, 5.41) is 7.48. The van der Waals surface area contributed by atoms with Crippen LogP contribution in [0.25, 0.3) is 0 Å². The first-order valence-corrected chi connectivity index (χ1v) is 13.7. The van der Waals surface area contributed by atoms with Gasteiger partial charge >= 0.3 is 0 Å². The fourth-order valence-corrected chi connectivity index (χ4v) is 6.34. The van der Waals surface area contributed by atoms with Crippen LogP contribution in [-0.2, 0) is 17.1 Å². The molecule has 1 saturated carbocycles. The van der Waals surface area contributed by atoms with Gasteiger partial charge in [0.2, 0.25) is 16.0 Å². The number of anilines is 2. The minimum Gasteiger partial charge on any atom is -0.352 e. The van der Waals surface area contributed by atoms with Gasteiger partial charge in [-0.3, -0.25) is 4.68 Å². The van der Waals surface area contributed by atoms with Crippen LogP contribution >= 0.6 is 0 Å². The molecular formula is C23H38N8O2S. The lowest BCUT2D eigenvalue weighted by Gasteiger charge is -2.33. The van der Waals surface area contributed by atoms with Gasteiger partial charge in [-0.05, 0) is 46.7 Å². The van der Waals surface area contributed by atoms with Gasteiger partial charge in [0.25, 0.3) is 0 Å². The first kappa shape index (κ1) is 24.9. The minimum atomic E-state index is -3.50. The van der Waals surface area contributed by atoms with Gasteiger partial charge in [0.15, 0.2) is 0 Å². The van der Waals surface area contributed by atoms with E-state index in [1.165, 1.54) is 36.6 Å². The molecule has 2 aromatic rings. The second kappa shape index (κ2) is 10.6. The quantitative estimate of drug-likeness (QED) is 0.571. The summed E-state index contributed by atoms with van der Waals surface area (Å²) in [4.78, 5) is 14.4. The third-order valence-electron chi connectivity index (χ3n) is 6.88. The summed E-state index contributed by atoms with van der Waals surface area (Å²) in [6.07, 6.45) is 11.3. The summed E-state index contributed by atoms with van der Waals surface area (Å²) in [5.74, 6) is 1.64. The zero-order chi connectivity index (χ0) is 24.3. The molecule has 4 rings (SSSR count). The third kappa shape index (κ3) is 5.69. The molecule has 0 aromatic carbocycles. The molecule has 1 aliphatic carbocycles. The summed E-state index contributed by atoms with van der Waals surface area (Å²) < 4.78 is 28.8. The van der Waals surface area contributed by atoms with Crippen LogP contribution in [0.4, 0.5) is 11.8 Å². The van der Waals surface area contributed by atoms with Crippen LogP contribution in [0.15, 0.2) is 23.5 Å². The van der Waals surface area contributed by atoms with E-state index in [1.807, 2.05) is 6.20 Å². The topological polar surface area (TPSA) is 99.5 Å². The molecule has 0 unspecified atom stereocenters. The van der Waals surface area contributed by atoms with Crippen molar-refractivity contribution in [3.63, 3.8) is 0 Å². The molecule has 2 aromatic heterocycles. The van der Waals surface area contributed by atoms with Gasteiger partial charge in [0.05, 0.1) is 6.20 Å². The van der Waals surface area contributed by atoms with E-state index in [4.69, 9.17) is 4.98 Å². The predicted octanol–water partition coefficient (Wildman–Crippen LogP) is 2.09. The van der Waals surface area contributed by atoms with Crippen LogP contribution < -0.4 is 10.2 Å². The Labute approximate surface area is 203 Å². The Bertz CT molecular complexity index is 1060. The highest BCUT2D eigenvalue weighted by atomic mass is 32.2. The van der Waals surface area contributed by atoms with Gasteiger partial charge in [-0.1, -0.05) is 12.8 Å². The van der Waals surface area contributed by atoms with Crippen molar-refractivity contribution in [1.82, 2.24) is 29.0 Å². The molecule has 0 amide bonds. The van der Waals surface area contributed by atoms with Crippen molar-refractivity contribution in [2.75, 3.05) is 50.5 Å². The Kier molecular flexibility index (Phi) is 7.73. The van der Waals surface area contributed by atoms with Gasteiger partial charge in [0.1, 0.15) is 10.7 Å². The van der Waals surface area contributed by atoms with Crippen molar-refractivity contribution in [1.29, 1.82) is 0 Å². The van der Waals surface area contributed by atoms with E-state index in [0.29, 0.717) is 37.9 Å². The highest BCUT2D eigenvalue weighted by Crippen LogP contribution is 2.30. The maximum atomic E-state index is 12.9. The van der Waals surface area contributed by atoms with Crippen molar-refractivity contribution >= 4 is 21.8 Å². The van der Waals surface area contributed by atoms with E-state index >= 15 is 0 Å². The van der Waals surface area contributed by atoms with Gasteiger partial charge in [-0.2, -0.15) is 14.4 Å². The summed E-state index contributed by atoms with van der Waals surface area (Å²) in [5.41, 5.74) is 1.09. The number of hydrogen-bond acceptors (Lipinski definition) is 8. The predicted molar refractivity (Wildman–Crippen MR) is 134 cm³/mol. The maximum Gasteiger partial charge on any atom is 0.246 e. The van der Waals surface area contributed by atoms with E-state index in [-0.39, 0.29) is 10.9 Å². The average Bonchev–Trinajstić information content (AvgIpc) is 3.49. The Morgan fingerprint density at radius 2 is 1.79 bits per heavy atom. The number of piperidine rings is 1. The van der Waals surface area contributed by atoms with Gasteiger partial charge < -0.3 is 15.1 Å². The molecule has 1 saturated heterocycles. The zero-order valence-corrected chi connectivity index (χ0v) is 21.6. The second-order valence-corrected chi connectivity index (χ2v) is 11.7. The van der Waals surface area contributed by atoms with E-state index in [2.05, 4.69) is 46.2 Å². The number of sulfonamides is 1. The van der Waals surface area contributed by atoms with Crippen molar-refractivity contribution in [3.05, 3.63) is 24.2 Å². The lowest BCUT2D eigenvalue weighted by molar-refractivity contribution is 0.329. The Morgan fingerprint density at radius 1 is 1.09 bits per heavy atom. The smallest absolute Gasteiger partial charge is 0.246 e. The van der Waals surface area contributed by atoms with Gasteiger partial charge in [-0.15, -0.1) is 0 Å². The van der Waals surface area contributed by atoms with Crippen molar-refractivity contribution in [2.24, 2.45) is 7.05 Å². The van der Waals surface area contributed by atoms with Crippen LogP contribution in [0.1, 0.15) is 44.1 Å². The monoisotopic (exact) mass is 490 g/mol. The van der Waals surface area contributed by atoms with E-state index < -0.39 is 10.0 Å². The van der Waals surface area contributed by atoms with Crippen LogP contribution in [0.2, 0.25) is 0 Å². The standard InChI is InChI=1S/C23H38N8O2S/c1-18-15-24-23(27-22(18)31(14-13-28(2)3)20-7-5-6-8-20)26-19-9-11-30(12-10-19)34(32,33)21-16-25-29(4)17-21/h15-17,19-20H,5-14H2,1-4H3,(H,24,26,27). The number of likely N-dealkylation sites (N-methyl/N-ethyl adjacent to an activating group) is 1. The van der Waals surface area contributed by atoms with Crippen molar-refractivity contribution in [2.45, 2.75) is 62.4 Å². The van der Waals surface area contributed by atoms with Crippen LogP contribution in [0.3, 0.4) is 0 Å². The molecule has 1 aliphatic heterocycles. The molecule has 1 N–H and O–H groups in total. The maximum absolute atomic E-state index is 12.9. The fourth-order valence-electron chi connectivity index (χ4n) is 4.88. The van der Waals surface area contributed by atoms with E-state index in [9.17, 15) is 8.42 Å². The van der Waals surface area contributed by atoms with Crippen LogP contribution in [0.5, 0.6) is 0 Å². The second-order valence-electron chi connectivity index (χ2n) is 9.81. The van der Waals surface area contributed by atoms with Crippen LogP contribution in [0, 0.1) is 6.92 Å². The van der Waals surface area contributed by atoms with Gasteiger partial charge in [0, 0.05) is 63.3 Å². The molecule has 2 aliphatic rings. The molecule has 2 fully saturated rings. The third-order valence-corrected chi connectivity index (χ3v) is 8.73. The number of nitrogens with zero attached hydrogens (tertiary/aromatic N) is 7. The molecule has 0 spiro atoms. The first-order valence-electron chi connectivity index (χ1n) is 12.2. The highest BCUT2D eigenvalue weighted by molar-refractivity contribution is 7.89. The SMILES string of the molecule is Cc1cnc(NC2CCN(S(=O)(=O)c3cnn(C)c3)CC2)nc1N(CCN(C)C)C1CCCC1. The number of hydrogen-bond donors (Lipinski definition) is 1. The summed E-state index contributed by atoms with van der Waals surface area (Å²) in [6, 6.07) is 0.667. The number of rotatable bonds is 9. The first-order chi connectivity index (χ1) is 16.2. The normalized spacial score (nSPS) is 18.6. The lowest BCUT2D eigenvalue weighted by atomic mass is 10.1. The van der Waals surface area contributed by atoms with E-state index in [1.54, 1.807) is 17.5 Å². The number of nitrogens with one attached hydrogen (secondary N) is 1. The number of aryl methyl sites for hydroxylation is 2. The van der Waals surface area contributed by atoms with Gasteiger partial charge in [-0.25, -0.2) is 13.4 Å². The summed E-state index contributed by atoms with van der Waals surface area (Å²) >= 11 is 0. The lowest BCUT2D eigenvalue weighted by Crippen LogP contribution is -2.42. The minimum absolute atomic E-state index is 0.137. The van der Waals surface area contributed by atoms with Crippen molar-refractivity contribution < 1.29 is 8.42 Å². The zero-order valence-electron chi connectivity index (χ0n) is 20.8. The molecule has 0 atom stereocenters. The largest absolute Gasteiger partial charge is 0.352 e. The number of aromatic nitrogens is 4. The summed E-state index contributed by atoms with van der Waals surface area (Å²) in [7, 11) is 2.43. The molecule has 0 radical (unpaired) electrons. The molecule has 3 heterocycles. The Balaban J connectivity index is 1.42.